The first-order valence-electron chi connectivity index (χ1n) is 9.14. The molecule has 1 N–H and O–H groups in total. The molecular formula is C21H18ClN3O4. The zero-order valence-electron chi connectivity index (χ0n) is 15.6. The van der Waals surface area contributed by atoms with Crippen molar-refractivity contribution in [2.75, 3.05) is 0 Å². The highest BCUT2D eigenvalue weighted by Gasteiger charge is 2.35. The minimum absolute atomic E-state index is 0.154. The van der Waals surface area contributed by atoms with Crippen LogP contribution in [0, 0.1) is 6.92 Å². The third-order valence-corrected chi connectivity index (χ3v) is 5.14. The summed E-state index contributed by atoms with van der Waals surface area (Å²) in [4.78, 5) is 28.1. The van der Waals surface area contributed by atoms with Crippen molar-refractivity contribution in [3.8, 4) is 0 Å². The number of rotatable bonds is 5. The zero-order valence-corrected chi connectivity index (χ0v) is 16.4. The average Bonchev–Trinajstić information content (AvgIpc) is 3.35. The van der Waals surface area contributed by atoms with E-state index in [9.17, 15) is 9.59 Å². The Hall–Kier alpha value is -3.19. The fraction of sp³-hybridized carbons (Fsp3) is 0.238. The summed E-state index contributed by atoms with van der Waals surface area (Å²) in [6, 6.07) is 10.8. The summed E-state index contributed by atoms with van der Waals surface area (Å²) in [5.74, 6) is -0.867. The van der Waals surface area contributed by atoms with Gasteiger partial charge in [0.25, 0.3) is 0 Å². The Balaban J connectivity index is 1.73. The number of aryl methyl sites for hydroxylation is 1. The second kappa shape index (κ2) is 7.67. The standard InChI is InChI=1S/C21H18ClN3O4/c1-12-4-5-13-10-14(21(22)23-15(13)9-12)17-11-16(18-3-2-8-29-18)24-25(17)19(26)6-7-20(27)28/h2-5,8-10,17H,6-7,11H2,1H3,(H,27,28)/t17-/m1/s1. The molecule has 3 heterocycles. The lowest BCUT2D eigenvalue weighted by Gasteiger charge is -2.22. The van der Waals surface area contributed by atoms with Crippen molar-refractivity contribution in [3.05, 3.63) is 64.7 Å². The molecule has 148 valence electrons. The number of amides is 1. The summed E-state index contributed by atoms with van der Waals surface area (Å²) in [6.45, 7) is 1.98. The molecule has 1 aromatic carbocycles. The van der Waals surface area contributed by atoms with Crippen LogP contribution in [-0.2, 0) is 9.59 Å². The van der Waals surface area contributed by atoms with Crippen LogP contribution in [0.4, 0.5) is 0 Å². The Bertz CT molecular complexity index is 1120. The molecule has 1 amide bonds. The summed E-state index contributed by atoms with van der Waals surface area (Å²) in [5, 5.41) is 15.9. The molecule has 8 heteroatoms. The molecule has 0 saturated carbocycles. The van der Waals surface area contributed by atoms with Gasteiger partial charge in [0.15, 0.2) is 0 Å². The smallest absolute Gasteiger partial charge is 0.303 e. The van der Waals surface area contributed by atoms with Gasteiger partial charge in [-0.25, -0.2) is 9.99 Å². The average molecular weight is 412 g/mol. The van der Waals surface area contributed by atoms with Crippen LogP contribution in [0.15, 0.2) is 52.2 Å². The quantitative estimate of drug-likeness (QED) is 0.630. The first-order valence-corrected chi connectivity index (χ1v) is 9.52. The van der Waals surface area contributed by atoms with E-state index in [2.05, 4.69) is 10.1 Å². The van der Waals surface area contributed by atoms with Crippen molar-refractivity contribution in [2.45, 2.75) is 32.2 Å². The summed E-state index contributed by atoms with van der Waals surface area (Å²) in [6.07, 6.45) is 1.51. The Kier molecular flexibility index (Phi) is 5.07. The van der Waals surface area contributed by atoms with Gasteiger partial charge >= 0.3 is 5.97 Å². The number of hydrogen-bond donors (Lipinski definition) is 1. The maximum absolute atomic E-state index is 12.7. The molecule has 0 saturated heterocycles. The Morgan fingerprint density at radius 3 is 2.83 bits per heavy atom. The van der Waals surface area contributed by atoms with Gasteiger partial charge in [0.1, 0.15) is 16.6 Å². The maximum atomic E-state index is 12.7. The fourth-order valence-electron chi connectivity index (χ4n) is 3.41. The predicted molar refractivity (Wildman–Crippen MR) is 108 cm³/mol. The highest BCUT2D eigenvalue weighted by atomic mass is 35.5. The predicted octanol–water partition coefficient (Wildman–Crippen LogP) is 4.33. The van der Waals surface area contributed by atoms with Gasteiger partial charge in [0.05, 0.1) is 24.2 Å². The molecule has 0 fully saturated rings. The lowest BCUT2D eigenvalue weighted by Crippen LogP contribution is -2.27. The van der Waals surface area contributed by atoms with Crippen LogP contribution in [0.5, 0.6) is 0 Å². The van der Waals surface area contributed by atoms with Crippen LogP contribution in [0.3, 0.4) is 0 Å². The van der Waals surface area contributed by atoms with E-state index in [-0.39, 0.29) is 18.7 Å². The second-order valence-electron chi connectivity index (χ2n) is 6.94. The van der Waals surface area contributed by atoms with Crippen molar-refractivity contribution < 1.29 is 19.1 Å². The van der Waals surface area contributed by atoms with Crippen molar-refractivity contribution in [2.24, 2.45) is 5.10 Å². The van der Waals surface area contributed by atoms with Gasteiger partial charge in [-0.1, -0.05) is 23.7 Å². The van der Waals surface area contributed by atoms with Crippen molar-refractivity contribution in [3.63, 3.8) is 0 Å². The molecule has 0 spiro atoms. The summed E-state index contributed by atoms with van der Waals surface area (Å²) >= 11 is 6.49. The van der Waals surface area contributed by atoms with E-state index >= 15 is 0 Å². The number of hydrogen-bond acceptors (Lipinski definition) is 5. The number of aliphatic carboxylic acids is 1. The SMILES string of the molecule is Cc1ccc2cc([C@H]3CC(c4ccco4)=NN3C(=O)CCC(=O)O)c(Cl)nc2c1. The number of hydrazone groups is 1. The Morgan fingerprint density at radius 1 is 1.28 bits per heavy atom. The molecule has 4 rings (SSSR count). The fourth-order valence-corrected chi connectivity index (χ4v) is 3.68. The van der Waals surface area contributed by atoms with Crippen LogP contribution in [0.25, 0.3) is 10.9 Å². The third kappa shape index (κ3) is 3.86. The van der Waals surface area contributed by atoms with Gasteiger partial charge < -0.3 is 9.52 Å². The number of aromatic nitrogens is 1. The first kappa shape index (κ1) is 19.1. The third-order valence-electron chi connectivity index (χ3n) is 4.84. The van der Waals surface area contributed by atoms with Gasteiger partial charge in [-0.05, 0) is 36.8 Å². The second-order valence-corrected chi connectivity index (χ2v) is 7.30. The Morgan fingerprint density at radius 2 is 2.10 bits per heavy atom. The topological polar surface area (TPSA) is 96.0 Å². The van der Waals surface area contributed by atoms with Gasteiger partial charge in [-0.3, -0.25) is 9.59 Å². The number of benzene rings is 1. The number of fused-ring (bicyclic) bond motifs is 1. The van der Waals surface area contributed by atoms with Crippen LogP contribution in [-0.4, -0.2) is 32.7 Å². The lowest BCUT2D eigenvalue weighted by molar-refractivity contribution is -0.141. The molecule has 1 aliphatic rings. The first-order chi connectivity index (χ1) is 13.9. The molecule has 0 unspecified atom stereocenters. The Labute approximate surface area is 171 Å². The van der Waals surface area contributed by atoms with Crippen LogP contribution in [0.2, 0.25) is 5.15 Å². The zero-order chi connectivity index (χ0) is 20.5. The minimum atomic E-state index is -1.04. The van der Waals surface area contributed by atoms with Crippen LogP contribution < -0.4 is 0 Å². The number of carboxylic acid groups (broad SMARTS) is 1. The maximum Gasteiger partial charge on any atom is 0.303 e. The van der Waals surface area contributed by atoms with E-state index in [1.165, 1.54) is 11.3 Å². The van der Waals surface area contributed by atoms with Gasteiger partial charge in [-0.15, -0.1) is 0 Å². The van der Waals surface area contributed by atoms with Crippen LogP contribution >= 0.6 is 11.6 Å². The van der Waals surface area contributed by atoms with Crippen molar-refractivity contribution >= 4 is 40.1 Å². The van der Waals surface area contributed by atoms with Gasteiger partial charge in [-0.2, -0.15) is 5.10 Å². The largest absolute Gasteiger partial charge is 0.481 e. The molecule has 3 aromatic rings. The normalized spacial score (nSPS) is 16.3. The van der Waals surface area contributed by atoms with E-state index in [1.807, 2.05) is 31.2 Å². The number of pyridine rings is 1. The summed E-state index contributed by atoms with van der Waals surface area (Å²) < 4.78 is 5.43. The van der Waals surface area contributed by atoms with E-state index in [1.54, 1.807) is 12.1 Å². The number of furan rings is 1. The number of nitrogens with zero attached hydrogens (tertiary/aromatic N) is 3. The van der Waals surface area contributed by atoms with E-state index < -0.39 is 12.0 Å². The summed E-state index contributed by atoms with van der Waals surface area (Å²) in [5.41, 5.74) is 3.11. The van der Waals surface area contributed by atoms with Crippen LogP contribution in [0.1, 0.15) is 42.2 Å². The molecule has 29 heavy (non-hydrogen) atoms. The highest BCUT2D eigenvalue weighted by Crippen LogP contribution is 2.37. The number of halogens is 1. The van der Waals surface area contributed by atoms with Crippen molar-refractivity contribution in [1.82, 2.24) is 9.99 Å². The van der Waals surface area contributed by atoms with Gasteiger partial charge in [0.2, 0.25) is 5.91 Å². The number of carboxylic acids is 1. The summed E-state index contributed by atoms with van der Waals surface area (Å²) in [7, 11) is 0. The highest BCUT2D eigenvalue weighted by molar-refractivity contribution is 6.30. The lowest BCUT2D eigenvalue weighted by atomic mass is 10.00. The molecule has 0 radical (unpaired) electrons. The minimum Gasteiger partial charge on any atom is -0.481 e. The molecule has 1 aliphatic heterocycles. The molecule has 0 aliphatic carbocycles. The molecule has 7 nitrogen and oxygen atoms in total. The molecule has 2 aromatic heterocycles. The molecule has 0 bridgehead atoms. The molecular weight excluding hydrogens is 394 g/mol. The number of carbonyl (C=O) groups is 2. The number of carbonyl (C=O) groups excluding carboxylic acids is 1. The van der Waals surface area contributed by atoms with E-state index in [4.69, 9.17) is 21.1 Å². The van der Waals surface area contributed by atoms with Gasteiger partial charge in [0, 0.05) is 23.8 Å². The molecule has 1 atom stereocenters. The van der Waals surface area contributed by atoms with E-state index in [0.29, 0.717) is 28.6 Å². The van der Waals surface area contributed by atoms with Crippen molar-refractivity contribution in [1.29, 1.82) is 0 Å². The monoisotopic (exact) mass is 411 g/mol. The van der Waals surface area contributed by atoms with E-state index in [0.717, 1.165) is 16.5 Å².